The monoisotopic (exact) mass is 223 g/mol. The maximum absolute atomic E-state index is 5.39. The van der Waals surface area contributed by atoms with Crippen LogP contribution in [0.5, 0.6) is 5.75 Å². The van der Waals surface area contributed by atoms with Crippen LogP contribution < -0.4 is 10.1 Å². The molecular weight excluding hydrogens is 210 g/mol. The average molecular weight is 223 g/mol. The van der Waals surface area contributed by atoms with E-state index in [1.54, 1.807) is 24.7 Å². The minimum absolute atomic E-state index is 0.105. The molecule has 0 spiro atoms. The van der Waals surface area contributed by atoms with Crippen molar-refractivity contribution in [3.8, 4) is 5.75 Å². The van der Waals surface area contributed by atoms with Crippen molar-refractivity contribution in [3.05, 3.63) is 40.5 Å². The predicted octanol–water partition coefficient (Wildman–Crippen LogP) is 2.66. The maximum Gasteiger partial charge on any atom is 0.129 e. The highest BCUT2D eigenvalue weighted by molar-refractivity contribution is 7.10. The van der Waals surface area contributed by atoms with Gasteiger partial charge in [0, 0.05) is 10.3 Å². The lowest BCUT2D eigenvalue weighted by Gasteiger charge is -2.10. The first-order valence-electron chi connectivity index (χ1n) is 4.68. The fourth-order valence-electron chi connectivity index (χ4n) is 1.47. The number of rotatable bonds is 4. The summed E-state index contributed by atoms with van der Waals surface area (Å²) in [5.41, 5.74) is 0. The van der Waals surface area contributed by atoms with Gasteiger partial charge in [0.2, 0.25) is 0 Å². The van der Waals surface area contributed by atoms with Gasteiger partial charge in [0.05, 0.1) is 13.4 Å². The molecule has 4 heteroatoms. The van der Waals surface area contributed by atoms with Gasteiger partial charge in [-0.3, -0.25) is 0 Å². The van der Waals surface area contributed by atoms with Crippen LogP contribution >= 0.6 is 11.3 Å². The standard InChI is InChI=1S/C11H13NO2S/c1-12-11(9-4-3-5-14-9)10-6-8(13-2)7-15-10/h3-7,11-12H,1-2H3. The van der Waals surface area contributed by atoms with E-state index in [0.29, 0.717) is 0 Å². The second-order valence-corrected chi connectivity index (χ2v) is 4.07. The molecule has 1 atom stereocenters. The molecule has 0 aliphatic rings. The van der Waals surface area contributed by atoms with Crippen molar-refractivity contribution < 1.29 is 9.15 Å². The molecule has 2 aromatic rings. The Labute approximate surface area is 92.7 Å². The quantitative estimate of drug-likeness (QED) is 0.865. The summed E-state index contributed by atoms with van der Waals surface area (Å²) in [7, 11) is 3.59. The van der Waals surface area contributed by atoms with E-state index in [2.05, 4.69) is 5.32 Å². The summed E-state index contributed by atoms with van der Waals surface area (Å²) in [5.74, 6) is 1.81. The number of hydrogen-bond donors (Lipinski definition) is 1. The lowest BCUT2D eigenvalue weighted by molar-refractivity contribution is 0.415. The van der Waals surface area contributed by atoms with Crippen molar-refractivity contribution in [2.24, 2.45) is 0 Å². The number of hydrogen-bond acceptors (Lipinski definition) is 4. The predicted molar refractivity (Wildman–Crippen MR) is 60.5 cm³/mol. The first-order valence-corrected chi connectivity index (χ1v) is 5.56. The van der Waals surface area contributed by atoms with Gasteiger partial charge in [-0.05, 0) is 25.2 Å². The minimum atomic E-state index is 0.105. The van der Waals surface area contributed by atoms with Crippen molar-refractivity contribution >= 4 is 11.3 Å². The number of thiophene rings is 1. The molecule has 2 aromatic heterocycles. The van der Waals surface area contributed by atoms with Crippen LogP contribution in [0.25, 0.3) is 0 Å². The van der Waals surface area contributed by atoms with Gasteiger partial charge in [-0.2, -0.15) is 0 Å². The molecule has 0 radical (unpaired) electrons. The zero-order chi connectivity index (χ0) is 10.7. The van der Waals surface area contributed by atoms with E-state index in [4.69, 9.17) is 9.15 Å². The lowest BCUT2D eigenvalue weighted by Crippen LogP contribution is -2.15. The van der Waals surface area contributed by atoms with Gasteiger partial charge >= 0.3 is 0 Å². The van der Waals surface area contributed by atoms with E-state index >= 15 is 0 Å². The molecule has 80 valence electrons. The fourth-order valence-corrected chi connectivity index (χ4v) is 2.44. The molecule has 2 rings (SSSR count). The van der Waals surface area contributed by atoms with E-state index in [-0.39, 0.29) is 6.04 Å². The minimum Gasteiger partial charge on any atom is -0.496 e. The summed E-state index contributed by atoms with van der Waals surface area (Å²) in [5, 5.41) is 5.21. The second-order valence-electron chi connectivity index (χ2n) is 3.13. The molecule has 1 N–H and O–H groups in total. The van der Waals surface area contributed by atoms with Gasteiger partial charge < -0.3 is 14.5 Å². The second kappa shape index (κ2) is 4.51. The van der Waals surface area contributed by atoms with E-state index < -0.39 is 0 Å². The highest BCUT2D eigenvalue weighted by Gasteiger charge is 2.16. The van der Waals surface area contributed by atoms with Gasteiger partial charge in [-0.15, -0.1) is 11.3 Å². The van der Waals surface area contributed by atoms with Crippen LogP contribution in [-0.4, -0.2) is 14.2 Å². The van der Waals surface area contributed by atoms with Gasteiger partial charge in [-0.1, -0.05) is 0 Å². The van der Waals surface area contributed by atoms with Gasteiger partial charge in [-0.25, -0.2) is 0 Å². The van der Waals surface area contributed by atoms with Crippen LogP contribution in [0.3, 0.4) is 0 Å². The van der Waals surface area contributed by atoms with E-state index in [1.165, 1.54) is 4.88 Å². The molecule has 0 aliphatic carbocycles. The van der Waals surface area contributed by atoms with E-state index in [9.17, 15) is 0 Å². The summed E-state index contributed by atoms with van der Waals surface area (Å²) in [4.78, 5) is 1.18. The van der Waals surface area contributed by atoms with Crippen LogP contribution in [0.1, 0.15) is 16.7 Å². The Morgan fingerprint density at radius 1 is 1.53 bits per heavy atom. The van der Waals surface area contributed by atoms with E-state index in [0.717, 1.165) is 11.5 Å². The third-order valence-corrected chi connectivity index (χ3v) is 3.21. The summed E-state index contributed by atoms with van der Waals surface area (Å²) in [6.07, 6.45) is 1.69. The Hall–Kier alpha value is -1.26. The third-order valence-electron chi connectivity index (χ3n) is 2.23. The normalized spacial score (nSPS) is 12.7. The number of nitrogens with one attached hydrogen (secondary N) is 1. The fraction of sp³-hybridized carbons (Fsp3) is 0.273. The van der Waals surface area contributed by atoms with Crippen LogP contribution in [0.2, 0.25) is 0 Å². The SMILES string of the molecule is CNC(c1ccco1)c1cc(OC)cs1. The summed E-state index contributed by atoms with van der Waals surface area (Å²) in [6, 6.07) is 5.99. The number of methoxy groups -OCH3 is 1. The Bertz CT molecular complexity index is 408. The van der Waals surface area contributed by atoms with Crippen LogP contribution in [0.4, 0.5) is 0 Å². The highest BCUT2D eigenvalue weighted by Crippen LogP contribution is 2.30. The average Bonchev–Trinajstić information content (AvgIpc) is 2.89. The Balaban J connectivity index is 2.27. The number of ether oxygens (including phenoxy) is 1. The summed E-state index contributed by atoms with van der Waals surface area (Å²) in [6.45, 7) is 0. The molecule has 0 bridgehead atoms. The summed E-state index contributed by atoms with van der Waals surface area (Å²) < 4.78 is 10.5. The Morgan fingerprint density at radius 2 is 2.40 bits per heavy atom. The Morgan fingerprint density at radius 3 is 2.93 bits per heavy atom. The van der Waals surface area contributed by atoms with Gasteiger partial charge in [0.1, 0.15) is 17.6 Å². The van der Waals surface area contributed by atoms with Crippen molar-refractivity contribution in [2.45, 2.75) is 6.04 Å². The molecule has 0 aliphatic heterocycles. The van der Waals surface area contributed by atoms with Gasteiger partial charge in [0.15, 0.2) is 0 Å². The molecule has 0 saturated carbocycles. The zero-order valence-electron chi connectivity index (χ0n) is 8.69. The molecule has 1 unspecified atom stereocenters. The maximum atomic E-state index is 5.39. The Kier molecular flexibility index (Phi) is 3.08. The zero-order valence-corrected chi connectivity index (χ0v) is 9.51. The highest BCUT2D eigenvalue weighted by atomic mass is 32.1. The van der Waals surface area contributed by atoms with Crippen molar-refractivity contribution in [1.82, 2.24) is 5.32 Å². The van der Waals surface area contributed by atoms with Gasteiger partial charge in [0.25, 0.3) is 0 Å². The van der Waals surface area contributed by atoms with Crippen LogP contribution in [-0.2, 0) is 0 Å². The molecule has 0 amide bonds. The number of furan rings is 1. The van der Waals surface area contributed by atoms with Crippen molar-refractivity contribution in [2.75, 3.05) is 14.2 Å². The molecule has 0 saturated heterocycles. The largest absolute Gasteiger partial charge is 0.496 e. The first-order chi connectivity index (χ1) is 7.35. The molecule has 15 heavy (non-hydrogen) atoms. The van der Waals surface area contributed by atoms with Crippen molar-refractivity contribution in [3.63, 3.8) is 0 Å². The molecule has 3 nitrogen and oxygen atoms in total. The molecule has 0 aromatic carbocycles. The third kappa shape index (κ3) is 2.06. The smallest absolute Gasteiger partial charge is 0.129 e. The van der Waals surface area contributed by atoms with Crippen molar-refractivity contribution in [1.29, 1.82) is 0 Å². The molecular formula is C11H13NO2S. The lowest BCUT2D eigenvalue weighted by atomic mass is 10.2. The molecule has 0 fully saturated rings. The molecule has 2 heterocycles. The first kappa shape index (κ1) is 10.3. The topological polar surface area (TPSA) is 34.4 Å². The van der Waals surface area contributed by atoms with E-state index in [1.807, 2.05) is 30.6 Å². The van der Waals surface area contributed by atoms with Crippen LogP contribution in [0.15, 0.2) is 34.3 Å². The summed E-state index contributed by atoms with van der Waals surface area (Å²) >= 11 is 1.66. The van der Waals surface area contributed by atoms with Crippen LogP contribution in [0, 0.1) is 0 Å².